The predicted molar refractivity (Wildman–Crippen MR) is 135 cm³/mol. The van der Waals surface area contributed by atoms with Crippen LogP contribution in [0.3, 0.4) is 0 Å². The minimum Gasteiger partial charge on any atom is -0.508 e. The molecule has 8 nitrogen and oxygen atoms in total. The van der Waals surface area contributed by atoms with Gasteiger partial charge in [0.1, 0.15) is 5.75 Å². The molecule has 4 aromatic rings. The Hall–Kier alpha value is -4.20. The van der Waals surface area contributed by atoms with Crippen molar-refractivity contribution in [2.24, 2.45) is 0 Å². The number of aromatic nitrogens is 3. The summed E-state index contributed by atoms with van der Waals surface area (Å²) in [6.45, 7) is 6.85. The van der Waals surface area contributed by atoms with E-state index < -0.39 is 0 Å². The number of nitrogens with one attached hydrogen (secondary N) is 2. The largest absolute Gasteiger partial charge is 0.508 e. The summed E-state index contributed by atoms with van der Waals surface area (Å²) in [5, 5.41) is 20.4. The number of fused-ring (bicyclic) bond motifs is 1. The number of carbonyl (C=O) groups excluding carboxylic acids is 2. The quantitative estimate of drug-likeness (QED) is 0.333. The highest BCUT2D eigenvalue weighted by atomic mass is 16.3. The van der Waals surface area contributed by atoms with Crippen LogP contribution in [-0.4, -0.2) is 44.8 Å². The van der Waals surface area contributed by atoms with E-state index in [1.54, 1.807) is 18.3 Å². The Balaban J connectivity index is 1.48. The van der Waals surface area contributed by atoms with Gasteiger partial charge in [-0.15, -0.1) is 0 Å². The van der Waals surface area contributed by atoms with Crippen LogP contribution in [0.5, 0.6) is 5.75 Å². The zero-order chi connectivity index (χ0) is 24.9. The predicted octanol–water partition coefficient (Wildman–Crippen LogP) is 4.24. The van der Waals surface area contributed by atoms with Gasteiger partial charge in [-0.25, -0.2) is 9.67 Å². The highest BCUT2D eigenvalue weighted by Gasteiger charge is 2.19. The fourth-order valence-electron chi connectivity index (χ4n) is 3.92. The van der Waals surface area contributed by atoms with E-state index in [2.05, 4.69) is 15.7 Å². The van der Waals surface area contributed by atoms with E-state index in [1.807, 2.05) is 55.8 Å². The molecular formula is C27H29N5O3. The average Bonchev–Trinajstić information content (AvgIpc) is 3.27. The molecule has 2 heterocycles. The Morgan fingerprint density at radius 2 is 1.74 bits per heavy atom. The molecule has 0 spiro atoms. The number of phenolic OH excluding ortho intramolecular Hbond substituents is 1. The zero-order valence-electron chi connectivity index (χ0n) is 20.1. The van der Waals surface area contributed by atoms with Gasteiger partial charge in [-0.3, -0.25) is 9.59 Å². The van der Waals surface area contributed by atoms with Crippen LogP contribution in [0.15, 0.2) is 60.8 Å². The Bertz CT molecular complexity index is 1380. The van der Waals surface area contributed by atoms with Crippen LogP contribution in [0.25, 0.3) is 22.3 Å². The van der Waals surface area contributed by atoms with Gasteiger partial charge in [-0.05, 0) is 57.0 Å². The molecule has 0 aliphatic carbocycles. The van der Waals surface area contributed by atoms with Crippen LogP contribution in [0.1, 0.15) is 52.6 Å². The Morgan fingerprint density at radius 1 is 1.00 bits per heavy atom. The third-order valence-electron chi connectivity index (χ3n) is 5.75. The first-order chi connectivity index (χ1) is 16.8. The second-order valence-corrected chi connectivity index (χ2v) is 8.71. The third-order valence-corrected chi connectivity index (χ3v) is 5.75. The van der Waals surface area contributed by atoms with Crippen molar-refractivity contribution in [2.75, 3.05) is 13.1 Å². The molecule has 0 atom stereocenters. The van der Waals surface area contributed by atoms with E-state index in [0.717, 1.165) is 16.8 Å². The summed E-state index contributed by atoms with van der Waals surface area (Å²) in [5.74, 6) is -0.443. The standard InChI is InChI=1S/C27H29N5O3/c1-17(2)32-25-23(16-30-32)22(15-24(31-25)21-11-5-4-8-18(21)3)27(35)29-13-7-12-28-26(34)19-9-6-10-20(33)14-19/h4-6,8-11,14-17,33H,7,12-13H2,1-3H3,(H,28,34)(H,29,35). The van der Waals surface area contributed by atoms with Crippen molar-refractivity contribution in [2.45, 2.75) is 33.2 Å². The fourth-order valence-corrected chi connectivity index (χ4v) is 3.92. The first-order valence-electron chi connectivity index (χ1n) is 11.6. The maximum atomic E-state index is 13.2. The van der Waals surface area contributed by atoms with Crippen LogP contribution in [0.4, 0.5) is 0 Å². The molecule has 2 aromatic heterocycles. The zero-order valence-corrected chi connectivity index (χ0v) is 20.1. The highest BCUT2D eigenvalue weighted by Crippen LogP contribution is 2.28. The number of benzene rings is 2. The van der Waals surface area contributed by atoms with E-state index in [-0.39, 0.29) is 23.6 Å². The maximum Gasteiger partial charge on any atom is 0.252 e. The lowest BCUT2D eigenvalue weighted by molar-refractivity contribution is 0.0952. The molecule has 8 heteroatoms. The minimum atomic E-state index is -0.271. The first kappa shape index (κ1) is 23.9. The van der Waals surface area contributed by atoms with Crippen LogP contribution in [0.2, 0.25) is 0 Å². The molecule has 0 radical (unpaired) electrons. The summed E-state index contributed by atoms with van der Waals surface area (Å²) in [4.78, 5) is 30.2. The van der Waals surface area contributed by atoms with Gasteiger partial charge in [0.2, 0.25) is 0 Å². The molecule has 2 aromatic carbocycles. The number of phenols is 1. The van der Waals surface area contributed by atoms with Crippen LogP contribution in [0, 0.1) is 6.92 Å². The fraction of sp³-hybridized carbons (Fsp3) is 0.259. The molecule has 180 valence electrons. The van der Waals surface area contributed by atoms with Crippen LogP contribution < -0.4 is 10.6 Å². The van der Waals surface area contributed by atoms with E-state index in [1.165, 1.54) is 12.1 Å². The summed E-state index contributed by atoms with van der Waals surface area (Å²) >= 11 is 0. The van der Waals surface area contributed by atoms with Crippen molar-refractivity contribution in [1.82, 2.24) is 25.4 Å². The lowest BCUT2D eigenvalue weighted by Crippen LogP contribution is -2.30. The van der Waals surface area contributed by atoms with Crippen molar-refractivity contribution in [3.8, 4) is 17.0 Å². The number of aryl methyl sites for hydroxylation is 1. The number of nitrogens with zero attached hydrogens (tertiary/aromatic N) is 3. The number of rotatable bonds is 8. The third kappa shape index (κ3) is 5.32. The topological polar surface area (TPSA) is 109 Å². The van der Waals surface area contributed by atoms with Crippen LogP contribution >= 0.6 is 0 Å². The summed E-state index contributed by atoms with van der Waals surface area (Å²) in [6.07, 6.45) is 2.24. The molecule has 0 saturated heterocycles. The van der Waals surface area contributed by atoms with Gasteiger partial charge >= 0.3 is 0 Å². The maximum absolute atomic E-state index is 13.2. The summed E-state index contributed by atoms with van der Waals surface area (Å²) in [5.41, 5.74) is 4.34. The van der Waals surface area contributed by atoms with E-state index in [4.69, 9.17) is 4.98 Å². The summed E-state index contributed by atoms with van der Waals surface area (Å²) < 4.78 is 1.82. The molecule has 35 heavy (non-hydrogen) atoms. The molecule has 0 saturated carbocycles. The molecule has 0 aliphatic heterocycles. The SMILES string of the molecule is Cc1ccccc1-c1cc(C(=O)NCCCNC(=O)c2cccc(O)c2)c2cnn(C(C)C)c2n1. The number of carbonyl (C=O) groups is 2. The minimum absolute atomic E-state index is 0.0411. The van der Waals surface area contributed by atoms with Gasteiger partial charge in [0.05, 0.1) is 22.8 Å². The molecule has 3 N–H and O–H groups in total. The molecule has 0 unspecified atom stereocenters. The van der Waals surface area contributed by atoms with Gasteiger partial charge < -0.3 is 15.7 Å². The Kier molecular flexibility index (Phi) is 7.10. The van der Waals surface area contributed by atoms with Crippen LogP contribution in [-0.2, 0) is 0 Å². The van der Waals surface area contributed by atoms with E-state index in [9.17, 15) is 14.7 Å². The van der Waals surface area contributed by atoms with Gasteiger partial charge in [0.25, 0.3) is 11.8 Å². The van der Waals surface area contributed by atoms with E-state index in [0.29, 0.717) is 41.7 Å². The molecule has 0 fully saturated rings. The monoisotopic (exact) mass is 471 g/mol. The van der Waals surface area contributed by atoms with Crippen molar-refractivity contribution in [1.29, 1.82) is 0 Å². The number of hydrogen-bond acceptors (Lipinski definition) is 5. The smallest absolute Gasteiger partial charge is 0.252 e. The molecule has 0 bridgehead atoms. The van der Waals surface area contributed by atoms with Crippen molar-refractivity contribution < 1.29 is 14.7 Å². The summed E-state index contributed by atoms with van der Waals surface area (Å²) in [6, 6.07) is 16.0. The molecule has 4 rings (SSSR count). The Morgan fingerprint density at radius 3 is 2.46 bits per heavy atom. The van der Waals surface area contributed by atoms with Gasteiger partial charge in [0.15, 0.2) is 5.65 Å². The average molecular weight is 472 g/mol. The number of amides is 2. The first-order valence-corrected chi connectivity index (χ1v) is 11.6. The number of pyridine rings is 1. The van der Waals surface area contributed by atoms with Gasteiger partial charge in [-0.1, -0.05) is 30.3 Å². The van der Waals surface area contributed by atoms with Gasteiger partial charge in [-0.2, -0.15) is 5.10 Å². The number of hydrogen-bond donors (Lipinski definition) is 3. The lowest BCUT2D eigenvalue weighted by Gasteiger charge is -2.12. The van der Waals surface area contributed by atoms with Gasteiger partial charge in [0, 0.05) is 30.3 Å². The second-order valence-electron chi connectivity index (χ2n) is 8.71. The molecular weight excluding hydrogens is 442 g/mol. The van der Waals surface area contributed by atoms with Crippen molar-refractivity contribution in [3.05, 3.63) is 77.5 Å². The number of aromatic hydroxyl groups is 1. The second kappa shape index (κ2) is 10.4. The van der Waals surface area contributed by atoms with Crippen molar-refractivity contribution in [3.63, 3.8) is 0 Å². The summed E-state index contributed by atoms with van der Waals surface area (Å²) in [7, 11) is 0. The Labute approximate surface area is 204 Å². The lowest BCUT2D eigenvalue weighted by atomic mass is 10.0. The van der Waals surface area contributed by atoms with E-state index >= 15 is 0 Å². The highest BCUT2D eigenvalue weighted by molar-refractivity contribution is 6.06. The van der Waals surface area contributed by atoms with Crippen molar-refractivity contribution >= 4 is 22.8 Å². The molecule has 2 amide bonds. The normalized spacial score (nSPS) is 11.1. The molecule has 0 aliphatic rings.